The average Bonchev–Trinajstić information content (AvgIpc) is 2.79. The molecule has 0 saturated heterocycles. The Bertz CT molecular complexity index is 966. The number of aromatic nitrogens is 1. The summed E-state index contributed by atoms with van der Waals surface area (Å²) in [6.07, 6.45) is 6.73. The third kappa shape index (κ3) is 5.48. The van der Waals surface area contributed by atoms with E-state index in [-0.39, 0.29) is 23.7 Å². The zero-order chi connectivity index (χ0) is 22.7. The Morgan fingerprint density at radius 2 is 1.88 bits per heavy atom. The first-order valence-electron chi connectivity index (χ1n) is 11.9. The van der Waals surface area contributed by atoms with Crippen LogP contribution in [-0.4, -0.2) is 41.7 Å². The van der Waals surface area contributed by atoms with Gasteiger partial charge in [0.15, 0.2) is 0 Å². The van der Waals surface area contributed by atoms with Crippen LogP contribution < -0.4 is 10.3 Å². The Morgan fingerprint density at radius 3 is 2.59 bits per heavy atom. The molecule has 6 heteroatoms. The van der Waals surface area contributed by atoms with Gasteiger partial charge >= 0.3 is 0 Å². The van der Waals surface area contributed by atoms with Crippen molar-refractivity contribution in [2.75, 3.05) is 20.7 Å². The molecular formula is C26H37N3O2S. The fourth-order valence-corrected chi connectivity index (χ4v) is 5.78. The van der Waals surface area contributed by atoms with Gasteiger partial charge in [0.2, 0.25) is 0 Å². The monoisotopic (exact) mass is 455 g/mol. The lowest BCUT2D eigenvalue weighted by atomic mass is 9.82. The summed E-state index contributed by atoms with van der Waals surface area (Å²) >= 11 is 1.60. The maximum Gasteiger partial charge on any atom is 0.254 e. The van der Waals surface area contributed by atoms with Crippen LogP contribution in [-0.2, 0) is 11.2 Å². The van der Waals surface area contributed by atoms with Crippen LogP contribution in [0.15, 0.2) is 41.2 Å². The van der Waals surface area contributed by atoms with Crippen LogP contribution >= 0.6 is 12.1 Å². The van der Waals surface area contributed by atoms with E-state index < -0.39 is 0 Å². The molecule has 1 saturated carbocycles. The van der Waals surface area contributed by atoms with Crippen molar-refractivity contribution < 1.29 is 4.74 Å². The molecule has 4 rings (SSSR count). The Hall–Kier alpha value is -1.60. The molecule has 2 aliphatic rings. The molecule has 1 N–H and O–H groups in total. The van der Waals surface area contributed by atoms with E-state index in [4.69, 9.17) is 4.74 Å². The maximum atomic E-state index is 13.0. The number of rotatable bonds is 7. The number of nitrogens with zero attached hydrogens (tertiary/aromatic N) is 2. The topological polar surface area (TPSA) is 46.5 Å². The molecule has 174 valence electrons. The molecule has 1 aliphatic carbocycles. The first-order valence-corrected chi connectivity index (χ1v) is 12.7. The molecule has 2 unspecified atom stereocenters. The van der Waals surface area contributed by atoms with Crippen molar-refractivity contribution in [2.45, 2.75) is 76.5 Å². The van der Waals surface area contributed by atoms with E-state index in [1.165, 1.54) is 24.0 Å². The number of pyridine rings is 1. The average molecular weight is 456 g/mol. The van der Waals surface area contributed by atoms with Gasteiger partial charge in [0.25, 0.3) is 5.56 Å². The van der Waals surface area contributed by atoms with Crippen LogP contribution in [0.1, 0.15) is 66.4 Å². The number of hydrogen-bond donors (Lipinski definition) is 1. The number of nitrogens with one attached hydrogen (secondary N) is 1. The SMILES string of the molecule is Cc1cccc(C2CCC(OCC3C(NSN(C)C)CCc4ccc(C)c(=O)n43)CC2)c1. The van der Waals surface area contributed by atoms with Gasteiger partial charge in [0.05, 0.1) is 18.8 Å². The smallest absolute Gasteiger partial charge is 0.254 e. The standard InChI is InChI=1S/C26H37N3O2S/c1-18-6-5-7-21(16-18)20-9-13-23(14-10-20)31-17-25-24(27-32-28(3)4)15-12-22-11-8-19(2)26(30)29(22)25/h5-8,11,16,20,23-25,27H,9-10,12-15,17H2,1-4H3. The molecule has 32 heavy (non-hydrogen) atoms. The summed E-state index contributed by atoms with van der Waals surface area (Å²) in [6.45, 7) is 4.66. The number of benzene rings is 1. The number of fused-ring (bicyclic) bond motifs is 1. The molecule has 0 spiro atoms. The lowest BCUT2D eigenvalue weighted by molar-refractivity contribution is -0.00157. The van der Waals surface area contributed by atoms with Crippen LogP contribution in [0.25, 0.3) is 0 Å². The summed E-state index contributed by atoms with van der Waals surface area (Å²) in [5, 5.41) is 0. The van der Waals surface area contributed by atoms with Crippen molar-refractivity contribution in [1.29, 1.82) is 0 Å². The lowest BCUT2D eigenvalue weighted by Gasteiger charge is -2.37. The van der Waals surface area contributed by atoms with Crippen LogP contribution in [0, 0.1) is 13.8 Å². The summed E-state index contributed by atoms with van der Waals surface area (Å²) in [5.74, 6) is 0.640. The van der Waals surface area contributed by atoms with Gasteiger partial charge in [-0.15, -0.1) is 0 Å². The van der Waals surface area contributed by atoms with Gasteiger partial charge in [-0.1, -0.05) is 35.9 Å². The van der Waals surface area contributed by atoms with Crippen molar-refractivity contribution in [2.24, 2.45) is 0 Å². The van der Waals surface area contributed by atoms with E-state index >= 15 is 0 Å². The molecule has 2 heterocycles. The van der Waals surface area contributed by atoms with Gasteiger partial charge in [-0.25, -0.2) is 9.03 Å². The van der Waals surface area contributed by atoms with Crippen molar-refractivity contribution in [3.8, 4) is 0 Å². The highest BCUT2D eigenvalue weighted by Gasteiger charge is 2.32. The summed E-state index contributed by atoms with van der Waals surface area (Å²) in [4.78, 5) is 13.0. The molecule has 0 amide bonds. The molecule has 1 fully saturated rings. The Labute approximate surface area is 196 Å². The second kappa shape index (κ2) is 10.6. The van der Waals surface area contributed by atoms with Gasteiger partial charge in [0, 0.05) is 29.4 Å². The fraction of sp³-hybridized carbons (Fsp3) is 0.577. The van der Waals surface area contributed by atoms with Crippen molar-refractivity contribution in [3.63, 3.8) is 0 Å². The molecule has 5 nitrogen and oxygen atoms in total. The predicted molar refractivity (Wildman–Crippen MR) is 133 cm³/mol. The first-order chi connectivity index (χ1) is 15.4. The van der Waals surface area contributed by atoms with Crippen molar-refractivity contribution in [3.05, 3.63) is 69.1 Å². The minimum absolute atomic E-state index is 0.0214. The molecular weight excluding hydrogens is 418 g/mol. The van der Waals surface area contributed by atoms with E-state index in [0.29, 0.717) is 12.5 Å². The highest BCUT2D eigenvalue weighted by Crippen LogP contribution is 2.35. The van der Waals surface area contributed by atoms with E-state index in [0.717, 1.165) is 36.9 Å². The third-order valence-electron chi connectivity index (χ3n) is 6.98. The van der Waals surface area contributed by atoms with E-state index in [9.17, 15) is 4.79 Å². The third-order valence-corrected chi connectivity index (χ3v) is 7.75. The van der Waals surface area contributed by atoms with Crippen molar-refractivity contribution >= 4 is 12.1 Å². The minimum Gasteiger partial charge on any atom is -0.376 e. The Morgan fingerprint density at radius 1 is 1.09 bits per heavy atom. The van der Waals surface area contributed by atoms with Crippen LogP contribution in [0.5, 0.6) is 0 Å². The highest BCUT2D eigenvalue weighted by molar-refractivity contribution is 7.95. The number of hydrogen-bond acceptors (Lipinski definition) is 5. The van der Waals surface area contributed by atoms with Crippen LogP contribution in [0.3, 0.4) is 0 Å². The van der Waals surface area contributed by atoms with Crippen molar-refractivity contribution in [1.82, 2.24) is 13.6 Å². The Balaban J connectivity index is 1.42. The Kier molecular flexibility index (Phi) is 7.77. The van der Waals surface area contributed by atoms with Crippen LogP contribution in [0.2, 0.25) is 0 Å². The zero-order valence-corrected chi connectivity index (χ0v) is 20.7. The molecule has 1 aromatic carbocycles. The maximum absolute atomic E-state index is 13.0. The predicted octanol–water partition coefficient (Wildman–Crippen LogP) is 4.78. The first kappa shape index (κ1) is 23.6. The van der Waals surface area contributed by atoms with Crippen LogP contribution in [0.4, 0.5) is 0 Å². The summed E-state index contributed by atoms with van der Waals surface area (Å²) in [7, 11) is 4.06. The minimum atomic E-state index is 0.0214. The van der Waals surface area contributed by atoms with Gasteiger partial charge in [-0.2, -0.15) is 0 Å². The number of ether oxygens (including phenoxy) is 1. The molecule has 2 atom stereocenters. The molecule has 1 aliphatic heterocycles. The fourth-order valence-electron chi connectivity index (χ4n) is 5.16. The molecule has 1 aromatic heterocycles. The van der Waals surface area contributed by atoms with Gasteiger partial charge in [-0.05, 0) is 84.0 Å². The normalized spacial score (nSPS) is 25.7. The molecule has 0 radical (unpaired) electrons. The quantitative estimate of drug-likeness (QED) is 0.609. The molecule has 0 bridgehead atoms. The summed E-state index contributed by atoms with van der Waals surface area (Å²) in [5.41, 5.74) is 4.87. The second-order valence-electron chi connectivity index (χ2n) is 9.64. The summed E-state index contributed by atoms with van der Waals surface area (Å²) in [6, 6.07) is 13.2. The summed E-state index contributed by atoms with van der Waals surface area (Å²) < 4.78 is 14.1. The largest absolute Gasteiger partial charge is 0.376 e. The zero-order valence-electron chi connectivity index (χ0n) is 19.8. The van der Waals surface area contributed by atoms with E-state index in [2.05, 4.69) is 46.3 Å². The lowest BCUT2D eigenvalue weighted by Crippen LogP contribution is -2.47. The van der Waals surface area contributed by atoms with Gasteiger partial charge < -0.3 is 9.30 Å². The van der Waals surface area contributed by atoms with E-state index in [1.54, 1.807) is 12.1 Å². The second-order valence-corrected chi connectivity index (χ2v) is 10.8. The van der Waals surface area contributed by atoms with E-state index in [1.807, 2.05) is 31.7 Å². The molecule has 2 aromatic rings. The van der Waals surface area contributed by atoms with Gasteiger partial charge in [0.1, 0.15) is 0 Å². The van der Waals surface area contributed by atoms with Gasteiger partial charge in [-0.3, -0.25) is 4.79 Å². The number of aryl methyl sites for hydroxylation is 3. The highest BCUT2D eigenvalue weighted by atomic mass is 32.2.